The van der Waals surface area contributed by atoms with Gasteiger partial charge in [0.15, 0.2) is 0 Å². The normalized spacial score (nSPS) is 10.8. The third-order valence-corrected chi connectivity index (χ3v) is 2.39. The second kappa shape index (κ2) is 9.36. The van der Waals surface area contributed by atoms with Crippen molar-refractivity contribution in [3.8, 4) is 0 Å². The molecule has 2 N–H and O–H groups in total. The highest BCUT2D eigenvalue weighted by Gasteiger charge is 1.94. The van der Waals surface area contributed by atoms with Gasteiger partial charge in [-0.05, 0) is 19.4 Å². The van der Waals surface area contributed by atoms with Crippen LogP contribution in [0, 0.1) is 0 Å². The maximum Gasteiger partial charge on any atom is 0.106 e. The number of nitrogens with zero attached hydrogens (tertiary/aromatic N) is 1. The van der Waals surface area contributed by atoms with Crippen LogP contribution in [-0.4, -0.2) is 36.3 Å². The van der Waals surface area contributed by atoms with Crippen LogP contribution in [0.15, 0.2) is 12.4 Å². The SMILES string of the molecule is CCCCOCCNCCCc1ncc[nH]1. The number of rotatable bonds is 10. The zero-order chi connectivity index (χ0) is 11.5. The number of aromatic nitrogens is 2. The fourth-order valence-electron chi connectivity index (χ4n) is 1.43. The third kappa shape index (κ3) is 6.58. The first kappa shape index (κ1) is 13.2. The quantitative estimate of drug-likeness (QED) is 0.596. The van der Waals surface area contributed by atoms with E-state index in [9.17, 15) is 0 Å². The summed E-state index contributed by atoms with van der Waals surface area (Å²) >= 11 is 0. The Hall–Kier alpha value is -0.870. The fourth-order valence-corrected chi connectivity index (χ4v) is 1.43. The van der Waals surface area contributed by atoms with E-state index >= 15 is 0 Å². The average Bonchev–Trinajstić information content (AvgIpc) is 2.80. The van der Waals surface area contributed by atoms with E-state index in [4.69, 9.17) is 4.74 Å². The van der Waals surface area contributed by atoms with Crippen molar-refractivity contribution in [3.63, 3.8) is 0 Å². The molecule has 0 bridgehead atoms. The number of imidazole rings is 1. The van der Waals surface area contributed by atoms with Crippen molar-refractivity contribution in [2.75, 3.05) is 26.3 Å². The van der Waals surface area contributed by atoms with Crippen LogP contribution in [0.5, 0.6) is 0 Å². The highest BCUT2D eigenvalue weighted by molar-refractivity contribution is 4.86. The van der Waals surface area contributed by atoms with Crippen LogP contribution in [0.2, 0.25) is 0 Å². The van der Waals surface area contributed by atoms with Crippen molar-refractivity contribution in [1.82, 2.24) is 15.3 Å². The van der Waals surface area contributed by atoms with Gasteiger partial charge in [-0.2, -0.15) is 0 Å². The lowest BCUT2D eigenvalue weighted by Gasteiger charge is -2.05. The predicted octanol–water partition coefficient (Wildman–Crippen LogP) is 1.75. The van der Waals surface area contributed by atoms with Gasteiger partial charge in [0, 0.05) is 32.0 Å². The summed E-state index contributed by atoms with van der Waals surface area (Å²) in [5.41, 5.74) is 0. The Morgan fingerprint density at radius 2 is 2.25 bits per heavy atom. The summed E-state index contributed by atoms with van der Waals surface area (Å²) in [4.78, 5) is 7.27. The molecule has 0 unspecified atom stereocenters. The van der Waals surface area contributed by atoms with E-state index in [1.807, 2.05) is 6.20 Å². The van der Waals surface area contributed by atoms with E-state index in [0.29, 0.717) is 0 Å². The van der Waals surface area contributed by atoms with Gasteiger partial charge in [0.05, 0.1) is 6.61 Å². The van der Waals surface area contributed by atoms with E-state index in [1.165, 1.54) is 12.8 Å². The summed E-state index contributed by atoms with van der Waals surface area (Å²) in [6.45, 7) is 5.86. The van der Waals surface area contributed by atoms with Gasteiger partial charge in [0.25, 0.3) is 0 Å². The summed E-state index contributed by atoms with van der Waals surface area (Å²) in [5.74, 6) is 1.07. The van der Waals surface area contributed by atoms with Gasteiger partial charge in [-0.3, -0.25) is 0 Å². The van der Waals surface area contributed by atoms with Crippen LogP contribution in [-0.2, 0) is 11.2 Å². The number of H-pyrrole nitrogens is 1. The Balaban J connectivity index is 1.78. The Kier molecular flexibility index (Phi) is 7.72. The molecule has 0 aromatic carbocycles. The summed E-state index contributed by atoms with van der Waals surface area (Å²) in [6, 6.07) is 0. The molecule has 1 aromatic heterocycles. The Morgan fingerprint density at radius 1 is 1.31 bits per heavy atom. The molecule has 0 atom stereocenters. The van der Waals surface area contributed by atoms with Crippen molar-refractivity contribution in [3.05, 3.63) is 18.2 Å². The summed E-state index contributed by atoms with van der Waals surface area (Å²) in [7, 11) is 0. The van der Waals surface area contributed by atoms with Gasteiger partial charge in [0.1, 0.15) is 5.82 Å². The van der Waals surface area contributed by atoms with E-state index < -0.39 is 0 Å². The molecule has 0 saturated carbocycles. The summed E-state index contributed by atoms with van der Waals surface area (Å²) in [6.07, 6.45) is 8.16. The van der Waals surface area contributed by atoms with Crippen LogP contribution < -0.4 is 5.32 Å². The Bertz CT molecular complexity index is 236. The van der Waals surface area contributed by atoms with Gasteiger partial charge in [0.2, 0.25) is 0 Å². The molecule has 1 aromatic rings. The summed E-state index contributed by atoms with van der Waals surface area (Å²) in [5, 5.41) is 3.36. The lowest BCUT2D eigenvalue weighted by Crippen LogP contribution is -2.21. The molecule has 0 fully saturated rings. The molecule has 16 heavy (non-hydrogen) atoms. The second-order valence-electron chi connectivity index (χ2n) is 3.86. The molecule has 0 spiro atoms. The molecule has 0 radical (unpaired) electrons. The van der Waals surface area contributed by atoms with Crippen molar-refractivity contribution >= 4 is 0 Å². The molecule has 0 amide bonds. The predicted molar refractivity (Wildman–Crippen MR) is 65.5 cm³/mol. The average molecular weight is 225 g/mol. The van der Waals surface area contributed by atoms with E-state index in [1.54, 1.807) is 6.20 Å². The standard InChI is InChI=1S/C12H23N3O/c1-2-3-10-16-11-9-13-6-4-5-12-14-7-8-15-12/h7-8,13H,2-6,9-11H2,1H3,(H,14,15). The minimum atomic E-state index is 0.820. The minimum Gasteiger partial charge on any atom is -0.380 e. The first-order valence-corrected chi connectivity index (χ1v) is 6.20. The van der Waals surface area contributed by atoms with Crippen LogP contribution in [0.4, 0.5) is 0 Å². The number of unbranched alkanes of at least 4 members (excludes halogenated alkanes) is 1. The first-order chi connectivity index (χ1) is 7.93. The van der Waals surface area contributed by atoms with Crippen LogP contribution in [0.3, 0.4) is 0 Å². The van der Waals surface area contributed by atoms with Gasteiger partial charge < -0.3 is 15.0 Å². The van der Waals surface area contributed by atoms with Gasteiger partial charge >= 0.3 is 0 Å². The summed E-state index contributed by atoms with van der Waals surface area (Å²) < 4.78 is 5.45. The Labute approximate surface area is 97.8 Å². The van der Waals surface area contributed by atoms with E-state index in [0.717, 1.165) is 45.0 Å². The molecular formula is C12H23N3O. The number of hydrogen-bond donors (Lipinski definition) is 2. The third-order valence-electron chi connectivity index (χ3n) is 2.39. The molecule has 1 heterocycles. The molecule has 0 aliphatic heterocycles. The zero-order valence-electron chi connectivity index (χ0n) is 10.2. The number of hydrogen-bond acceptors (Lipinski definition) is 3. The van der Waals surface area contributed by atoms with Crippen molar-refractivity contribution in [1.29, 1.82) is 0 Å². The molecule has 1 rings (SSSR count). The van der Waals surface area contributed by atoms with Gasteiger partial charge in [-0.25, -0.2) is 4.98 Å². The molecule has 0 saturated heterocycles. The molecular weight excluding hydrogens is 202 g/mol. The smallest absolute Gasteiger partial charge is 0.106 e. The maximum atomic E-state index is 5.45. The van der Waals surface area contributed by atoms with E-state index in [2.05, 4.69) is 22.2 Å². The van der Waals surface area contributed by atoms with Crippen LogP contribution in [0.1, 0.15) is 32.0 Å². The zero-order valence-corrected chi connectivity index (χ0v) is 10.2. The van der Waals surface area contributed by atoms with Crippen LogP contribution >= 0.6 is 0 Å². The highest BCUT2D eigenvalue weighted by atomic mass is 16.5. The molecule has 92 valence electrons. The second-order valence-corrected chi connectivity index (χ2v) is 3.86. The molecule has 0 aliphatic carbocycles. The molecule has 0 aliphatic rings. The number of nitrogens with one attached hydrogen (secondary N) is 2. The number of ether oxygens (including phenoxy) is 1. The number of aryl methyl sites for hydroxylation is 1. The lowest BCUT2D eigenvalue weighted by molar-refractivity contribution is 0.133. The first-order valence-electron chi connectivity index (χ1n) is 6.20. The molecule has 4 heteroatoms. The maximum absolute atomic E-state index is 5.45. The lowest BCUT2D eigenvalue weighted by atomic mass is 10.3. The van der Waals surface area contributed by atoms with Crippen molar-refractivity contribution < 1.29 is 4.74 Å². The van der Waals surface area contributed by atoms with Crippen molar-refractivity contribution in [2.45, 2.75) is 32.6 Å². The van der Waals surface area contributed by atoms with E-state index in [-0.39, 0.29) is 0 Å². The largest absolute Gasteiger partial charge is 0.380 e. The Morgan fingerprint density at radius 3 is 3.00 bits per heavy atom. The van der Waals surface area contributed by atoms with Gasteiger partial charge in [-0.1, -0.05) is 13.3 Å². The number of aromatic amines is 1. The molecule has 4 nitrogen and oxygen atoms in total. The van der Waals surface area contributed by atoms with Crippen molar-refractivity contribution in [2.24, 2.45) is 0 Å². The highest BCUT2D eigenvalue weighted by Crippen LogP contribution is 1.93. The monoisotopic (exact) mass is 225 g/mol. The van der Waals surface area contributed by atoms with Crippen LogP contribution in [0.25, 0.3) is 0 Å². The fraction of sp³-hybridized carbons (Fsp3) is 0.750. The topological polar surface area (TPSA) is 49.9 Å². The minimum absolute atomic E-state index is 0.820. The van der Waals surface area contributed by atoms with Gasteiger partial charge in [-0.15, -0.1) is 0 Å².